The van der Waals surface area contributed by atoms with Crippen LogP contribution >= 0.6 is 0 Å². The number of hydrogen-bond acceptors (Lipinski definition) is 5. The fourth-order valence-electron chi connectivity index (χ4n) is 2.26. The molecule has 3 atom stereocenters. The maximum absolute atomic E-state index is 12.0. The van der Waals surface area contributed by atoms with Crippen LogP contribution in [0.1, 0.15) is 59.3 Å². The van der Waals surface area contributed by atoms with Crippen LogP contribution in [0.15, 0.2) is 0 Å². The molecule has 1 fully saturated rings. The van der Waals surface area contributed by atoms with Crippen LogP contribution in [0.25, 0.3) is 0 Å². The molecule has 5 nitrogen and oxygen atoms in total. The number of unbranched alkanes of at least 4 members (excludes halogenated alkanes) is 3. The molecule has 130 valence electrons. The van der Waals surface area contributed by atoms with E-state index in [1.54, 1.807) is 0 Å². The van der Waals surface area contributed by atoms with Crippen LogP contribution in [-0.4, -0.2) is 50.7 Å². The fraction of sp³-hybridized carbons (Fsp3) is 0.941. The first kappa shape index (κ1) is 19.4. The van der Waals surface area contributed by atoms with Gasteiger partial charge in [-0.3, -0.25) is 0 Å². The predicted octanol–water partition coefficient (Wildman–Crippen LogP) is 3.10. The monoisotopic (exact) mass is 316 g/mol. The molecule has 0 aromatic carbocycles. The molecule has 0 N–H and O–H groups in total. The Morgan fingerprint density at radius 1 is 0.909 bits per heavy atom. The average Bonchev–Trinajstić information content (AvgIpc) is 2.80. The van der Waals surface area contributed by atoms with E-state index >= 15 is 0 Å². The predicted molar refractivity (Wildman–Crippen MR) is 84.9 cm³/mol. The second-order valence-corrected chi connectivity index (χ2v) is 5.74. The van der Waals surface area contributed by atoms with E-state index in [1.807, 2.05) is 0 Å². The van der Waals surface area contributed by atoms with Gasteiger partial charge in [0, 0.05) is 19.8 Å². The van der Waals surface area contributed by atoms with Crippen molar-refractivity contribution in [2.24, 2.45) is 0 Å². The Labute approximate surface area is 134 Å². The lowest BCUT2D eigenvalue weighted by atomic mass is 10.1. The van der Waals surface area contributed by atoms with Crippen LogP contribution in [-0.2, 0) is 23.7 Å². The zero-order valence-corrected chi connectivity index (χ0v) is 14.3. The smallest absolute Gasteiger partial charge is 0.338 e. The molecule has 0 bridgehead atoms. The van der Waals surface area contributed by atoms with Gasteiger partial charge in [-0.25, -0.2) is 4.79 Å². The Balaban J connectivity index is 2.50. The van der Waals surface area contributed by atoms with Gasteiger partial charge in [0.15, 0.2) is 12.2 Å². The van der Waals surface area contributed by atoms with Gasteiger partial charge < -0.3 is 18.9 Å². The zero-order chi connectivity index (χ0) is 16.2. The van der Waals surface area contributed by atoms with Crippen molar-refractivity contribution in [1.29, 1.82) is 0 Å². The van der Waals surface area contributed by atoms with Gasteiger partial charge in [-0.05, 0) is 19.3 Å². The Kier molecular flexibility index (Phi) is 10.5. The Bertz CT molecular complexity index is 295. The summed E-state index contributed by atoms with van der Waals surface area (Å²) < 4.78 is 22.6. The number of rotatable bonds is 13. The third-order valence-electron chi connectivity index (χ3n) is 3.69. The van der Waals surface area contributed by atoms with E-state index in [1.165, 1.54) is 0 Å². The van der Waals surface area contributed by atoms with Crippen LogP contribution in [0.3, 0.4) is 0 Å². The fourth-order valence-corrected chi connectivity index (χ4v) is 2.26. The van der Waals surface area contributed by atoms with Crippen molar-refractivity contribution < 1.29 is 23.7 Å². The summed E-state index contributed by atoms with van der Waals surface area (Å²) >= 11 is 0. The number of ether oxygens (including phenoxy) is 4. The summed E-state index contributed by atoms with van der Waals surface area (Å²) in [5.41, 5.74) is 0. The van der Waals surface area contributed by atoms with Crippen molar-refractivity contribution in [3.63, 3.8) is 0 Å². The van der Waals surface area contributed by atoms with Crippen LogP contribution in [0.5, 0.6) is 0 Å². The van der Waals surface area contributed by atoms with Crippen LogP contribution in [0, 0.1) is 0 Å². The molecule has 1 saturated heterocycles. The number of cyclic esters (lactones) is 1. The quantitative estimate of drug-likeness (QED) is 0.386. The standard InChI is InChI=1S/C17H32O5/c1-4-7-10-19-13-14-15(20-11-8-5-2)16(17(18)22-14)21-12-9-6-3/h14-16H,4-13H2,1-3H3/t14-,15-,16+/m0/s1. The first-order valence-corrected chi connectivity index (χ1v) is 8.75. The Morgan fingerprint density at radius 2 is 1.50 bits per heavy atom. The molecule has 22 heavy (non-hydrogen) atoms. The molecule has 1 aliphatic heterocycles. The van der Waals surface area contributed by atoms with Gasteiger partial charge in [0.2, 0.25) is 0 Å². The van der Waals surface area contributed by atoms with Crippen LogP contribution < -0.4 is 0 Å². The molecular weight excluding hydrogens is 284 g/mol. The molecule has 1 heterocycles. The number of hydrogen-bond donors (Lipinski definition) is 0. The first-order valence-electron chi connectivity index (χ1n) is 8.75. The van der Waals surface area contributed by atoms with Gasteiger partial charge >= 0.3 is 5.97 Å². The van der Waals surface area contributed by atoms with Crippen LogP contribution in [0.4, 0.5) is 0 Å². The SMILES string of the molecule is CCCCOC[C@@H]1OC(=O)[C@H](OCCCC)[C@H]1OCCCC. The van der Waals surface area contributed by atoms with Gasteiger partial charge in [-0.15, -0.1) is 0 Å². The van der Waals surface area contributed by atoms with E-state index in [9.17, 15) is 4.79 Å². The van der Waals surface area contributed by atoms with Crippen molar-refractivity contribution in [1.82, 2.24) is 0 Å². The summed E-state index contributed by atoms with van der Waals surface area (Å²) in [6, 6.07) is 0. The Morgan fingerprint density at radius 3 is 2.14 bits per heavy atom. The van der Waals surface area contributed by atoms with E-state index in [-0.39, 0.29) is 18.2 Å². The summed E-state index contributed by atoms with van der Waals surface area (Å²) in [5, 5.41) is 0. The normalized spacial score (nSPS) is 24.7. The topological polar surface area (TPSA) is 54.0 Å². The molecule has 0 unspecified atom stereocenters. The molecule has 0 spiro atoms. The molecule has 0 amide bonds. The lowest BCUT2D eigenvalue weighted by molar-refractivity contribution is -0.151. The molecule has 0 aromatic heterocycles. The van der Waals surface area contributed by atoms with E-state index < -0.39 is 6.10 Å². The molecule has 0 radical (unpaired) electrons. The second kappa shape index (κ2) is 11.9. The van der Waals surface area contributed by atoms with Crippen molar-refractivity contribution in [2.45, 2.75) is 77.6 Å². The summed E-state index contributed by atoms with van der Waals surface area (Å²) in [7, 11) is 0. The summed E-state index contributed by atoms with van der Waals surface area (Å²) in [6.45, 7) is 8.58. The highest BCUT2D eigenvalue weighted by molar-refractivity contribution is 5.78. The highest BCUT2D eigenvalue weighted by Crippen LogP contribution is 2.23. The number of carbonyl (C=O) groups is 1. The largest absolute Gasteiger partial charge is 0.455 e. The molecule has 0 saturated carbocycles. The Hall–Kier alpha value is -0.650. The molecule has 0 aromatic rings. The third-order valence-corrected chi connectivity index (χ3v) is 3.69. The van der Waals surface area contributed by atoms with Crippen molar-refractivity contribution in [2.75, 3.05) is 26.4 Å². The van der Waals surface area contributed by atoms with Crippen molar-refractivity contribution in [3.8, 4) is 0 Å². The molecule has 1 rings (SSSR count). The molecular formula is C17H32O5. The minimum Gasteiger partial charge on any atom is -0.455 e. The minimum atomic E-state index is -0.608. The van der Waals surface area contributed by atoms with Gasteiger partial charge in [0.1, 0.15) is 6.10 Å². The molecule has 1 aliphatic rings. The minimum absolute atomic E-state index is 0.318. The van der Waals surface area contributed by atoms with Gasteiger partial charge in [-0.2, -0.15) is 0 Å². The molecule has 0 aliphatic carbocycles. The van der Waals surface area contributed by atoms with Gasteiger partial charge in [-0.1, -0.05) is 40.0 Å². The number of esters is 1. The van der Waals surface area contributed by atoms with Crippen LogP contribution in [0.2, 0.25) is 0 Å². The summed E-state index contributed by atoms with van der Waals surface area (Å²) in [5.74, 6) is -0.318. The highest BCUT2D eigenvalue weighted by Gasteiger charge is 2.46. The highest BCUT2D eigenvalue weighted by atomic mass is 16.6. The lowest BCUT2D eigenvalue weighted by Gasteiger charge is -2.21. The van der Waals surface area contributed by atoms with Crippen molar-refractivity contribution in [3.05, 3.63) is 0 Å². The maximum atomic E-state index is 12.0. The third kappa shape index (κ3) is 6.63. The summed E-state index contributed by atoms with van der Waals surface area (Å²) in [6.07, 6.45) is 4.78. The second-order valence-electron chi connectivity index (χ2n) is 5.74. The first-order chi connectivity index (χ1) is 10.7. The maximum Gasteiger partial charge on any atom is 0.338 e. The van der Waals surface area contributed by atoms with E-state index in [0.29, 0.717) is 26.4 Å². The van der Waals surface area contributed by atoms with Gasteiger partial charge in [0.25, 0.3) is 0 Å². The van der Waals surface area contributed by atoms with E-state index in [2.05, 4.69) is 20.8 Å². The van der Waals surface area contributed by atoms with E-state index in [0.717, 1.165) is 38.5 Å². The van der Waals surface area contributed by atoms with Crippen molar-refractivity contribution >= 4 is 5.97 Å². The lowest BCUT2D eigenvalue weighted by Crippen LogP contribution is -2.38. The summed E-state index contributed by atoms with van der Waals surface area (Å²) in [4.78, 5) is 12.0. The number of carbonyl (C=O) groups excluding carboxylic acids is 1. The van der Waals surface area contributed by atoms with Gasteiger partial charge in [0.05, 0.1) is 6.61 Å². The molecule has 5 heteroatoms. The zero-order valence-electron chi connectivity index (χ0n) is 14.3. The van der Waals surface area contributed by atoms with E-state index in [4.69, 9.17) is 18.9 Å². The average molecular weight is 316 g/mol.